The predicted molar refractivity (Wildman–Crippen MR) is 87.7 cm³/mol. The highest BCUT2D eigenvalue weighted by Gasteiger charge is 2.55. The molecule has 22 heavy (non-hydrogen) atoms. The van der Waals surface area contributed by atoms with Gasteiger partial charge in [0.15, 0.2) is 16.7 Å². The summed E-state index contributed by atoms with van der Waals surface area (Å²) in [5.41, 5.74) is -0.899. The lowest BCUT2D eigenvalue weighted by Gasteiger charge is -2.29. The van der Waals surface area contributed by atoms with Crippen LogP contribution < -0.4 is 0 Å². The third kappa shape index (κ3) is 2.66. The Bertz CT molecular complexity index is 628. The molecular weight excluding hydrogens is 323 g/mol. The van der Waals surface area contributed by atoms with Crippen LogP contribution in [0.5, 0.6) is 0 Å². The standard InChI is InChI=1S/C16H19FO3S2/c1-15(2,18)13-9-16(17,14(21-13)22(19)20)12-7-10-5-3-4-6-11(10)8-12/h3-6,9,12,14,18H,7-8H2,1-2H3,(H,19,20)/t14-,16?/m0/s1. The normalized spacial score (nSPS) is 30.2. The molecule has 0 bridgehead atoms. The number of allylic oxidation sites excluding steroid dienone is 1. The molecular formula is C16H19FO3S2. The van der Waals surface area contributed by atoms with Crippen molar-refractivity contribution in [3.63, 3.8) is 0 Å². The number of rotatable bonds is 3. The maximum absolute atomic E-state index is 15.7. The van der Waals surface area contributed by atoms with Gasteiger partial charge in [-0.15, -0.1) is 11.8 Å². The van der Waals surface area contributed by atoms with Crippen LogP contribution in [0.2, 0.25) is 0 Å². The van der Waals surface area contributed by atoms with Crippen LogP contribution >= 0.6 is 11.8 Å². The zero-order valence-corrected chi connectivity index (χ0v) is 14.1. The van der Waals surface area contributed by atoms with E-state index in [1.165, 1.54) is 6.08 Å². The molecule has 0 fully saturated rings. The van der Waals surface area contributed by atoms with E-state index >= 15 is 4.39 Å². The first kappa shape index (κ1) is 16.2. The first-order valence-corrected chi connectivity index (χ1v) is 9.24. The lowest BCUT2D eigenvalue weighted by atomic mass is 9.86. The highest BCUT2D eigenvalue weighted by molar-refractivity contribution is 8.13. The summed E-state index contributed by atoms with van der Waals surface area (Å²) in [5, 5.41) is 10.1. The van der Waals surface area contributed by atoms with Crippen LogP contribution in [-0.2, 0) is 23.9 Å². The van der Waals surface area contributed by atoms with E-state index in [0.717, 1.165) is 22.9 Å². The number of hydrogen-bond acceptors (Lipinski definition) is 3. The topological polar surface area (TPSA) is 57.5 Å². The second-order valence-corrected chi connectivity index (χ2v) is 8.96. The van der Waals surface area contributed by atoms with Crippen LogP contribution in [0.1, 0.15) is 25.0 Å². The van der Waals surface area contributed by atoms with Gasteiger partial charge in [0.05, 0.1) is 5.60 Å². The molecule has 6 heteroatoms. The maximum Gasteiger partial charge on any atom is 0.170 e. The molecule has 2 unspecified atom stereocenters. The number of hydrogen-bond donors (Lipinski definition) is 2. The van der Waals surface area contributed by atoms with Crippen LogP contribution in [0.4, 0.5) is 4.39 Å². The maximum atomic E-state index is 15.7. The van der Waals surface area contributed by atoms with Crippen molar-refractivity contribution in [3.05, 3.63) is 46.4 Å². The Kier molecular flexibility index (Phi) is 4.00. The highest BCUT2D eigenvalue weighted by Crippen LogP contribution is 2.53. The molecule has 1 aromatic carbocycles. The smallest absolute Gasteiger partial charge is 0.170 e. The van der Waals surface area contributed by atoms with E-state index in [9.17, 15) is 13.9 Å². The van der Waals surface area contributed by atoms with Gasteiger partial charge in [-0.1, -0.05) is 24.3 Å². The van der Waals surface area contributed by atoms with Crippen molar-refractivity contribution < 1.29 is 18.3 Å². The van der Waals surface area contributed by atoms with Gasteiger partial charge in [0.25, 0.3) is 0 Å². The van der Waals surface area contributed by atoms with Gasteiger partial charge < -0.3 is 9.66 Å². The van der Waals surface area contributed by atoms with E-state index in [1.54, 1.807) is 13.8 Å². The van der Waals surface area contributed by atoms with Gasteiger partial charge in [0, 0.05) is 10.8 Å². The van der Waals surface area contributed by atoms with Crippen molar-refractivity contribution in [2.75, 3.05) is 0 Å². The number of halogens is 1. The van der Waals surface area contributed by atoms with Crippen LogP contribution in [-0.4, -0.2) is 29.7 Å². The average Bonchev–Trinajstić information content (AvgIpc) is 2.99. The summed E-state index contributed by atoms with van der Waals surface area (Å²) in [6.45, 7) is 3.14. The Balaban J connectivity index is 1.96. The van der Waals surface area contributed by atoms with E-state index < -0.39 is 26.9 Å². The Morgan fingerprint density at radius 2 is 1.86 bits per heavy atom. The van der Waals surface area contributed by atoms with Crippen LogP contribution in [0.3, 0.4) is 0 Å². The molecule has 1 aliphatic heterocycles. The van der Waals surface area contributed by atoms with Gasteiger partial charge >= 0.3 is 0 Å². The van der Waals surface area contributed by atoms with Gasteiger partial charge in [-0.05, 0) is 43.9 Å². The summed E-state index contributed by atoms with van der Waals surface area (Å²) < 4.78 is 35.8. The number of fused-ring (bicyclic) bond motifs is 1. The zero-order valence-electron chi connectivity index (χ0n) is 12.5. The quantitative estimate of drug-likeness (QED) is 0.829. The van der Waals surface area contributed by atoms with Crippen molar-refractivity contribution in [3.8, 4) is 0 Å². The molecule has 3 rings (SSSR count). The first-order valence-electron chi connectivity index (χ1n) is 7.19. The number of aliphatic hydroxyl groups is 1. The SMILES string of the molecule is CC(C)(O)C1=CC(F)(C2Cc3ccccc3C2)[C@H](S(=O)O)S1. The van der Waals surface area contributed by atoms with Crippen molar-refractivity contribution in [1.82, 2.24) is 0 Å². The average molecular weight is 342 g/mol. The zero-order chi connectivity index (χ0) is 16.1. The molecule has 120 valence electrons. The van der Waals surface area contributed by atoms with Gasteiger partial charge in [0.2, 0.25) is 0 Å². The fourth-order valence-electron chi connectivity index (χ4n) is 3.21. The summed E-state index contributed by atoms with van der Waals surface area (Å²) in [5.74, 6) is -0.377. The molecule has 0 aromatic heterocycles. The summed E-state index contributed by atoms with van der Waals surface area (Å²) in [4.78, 5) is 0.429. The Hall–Kier alpha value is -0.690. The van der Waals surface area contributed by atoms with Gasteiger partial charge in [-0.25, -0.2) is 8.60 Å². The molecule has 1 heterocycles. The Labute approximate surface area is 136 Å². The Morgan fingerprint density at radius 1 is 1.32 bits per heavy atom. The summed E-state index contributed by atoms with van der Waals surface area (Å²) >= 11 is -1.32. The van der Waals surface area contributed by atoms with Crippen molar-refractivity contribution >= 4 is 22.8 Å². The Morgan fingerprint density at radius 3 is 2.32 bits per heavy atom. The predicted octanol–water partition coefficient (Wildman–Crippen LogP) is 3.06. The molecule has 2 N–H and O–H groups in total. The molecule has 1 aliphatic carbocycles. The number of benzene rings is 1. The monoisotopic (exact) mass is 342 g/mol. The minimum atomic E-state index is -2.30. The highest BCUT2D eigenvalue weighted by atomic mass is 32.2. The minimum absolute atomic E-state index is 0.377. The molecule has 1 aromatic rings. The summed E-state index contributed by atoms with van der Waals surface area (Å²) in [6, 6.07) is 7.81. The van der Waals surface area contributed by atoms with Crippen LogP contribution in [0.25, 0.3) is 0 Å². The van der Waals surface area contributed by atoms with Crippen molar-refractivity contribution in [1.29, 1.82) is 0 Å². The second kappa shape index (κ2) is 5.44. The molecule has 0 saturated carbocycles. The van der Waals surface area contributed by atoms with E-state index in [4.69, 9.17) is 0 Å². The van der Waals surface area contributed by atoms with E-state index in [1.807, 2.05) is 24.3 Å². The van der Waals surface area contributed by atoms with E-state index in [-0.39, 0.29) is 5.92 Å². The van der Waals surface area contributed by atoms with Crippen molar-refractivity contribution in [2.45, 2.75) is 42.5 Å². The van der Waals surface area contributed by atoms with Gasteiger partial charge in [-0.2, -0.15) is 0 Å². The fraction of sp³-hybridized carbons (Fsp3) is 0.500. The van der Waals surface area contributed by atoms with Crippen LogP contribution in [0.15, 0.2) is 35.2 Å². The molecule has 0 radical (unpaired) electrons. The van der Waals surface area contributed by atoms with E-state index in [2.05, 4.69) is 0 Å². The molecule has 2 aliphatic rings. The number of alkyl halides is 1. The second-order valence-electron chi connectivity index (χ2n) is 6.49. The molecule has 0 saturated heterocycles. The fourth-order valence-corrected chi connectivity index (χ4v) is 5.63. The number of thioether (sulfide) groups is 1. The van der Waals surface area contributed by atoms with Gasteiger partial charge in [0.1, 0.15) is 4.58 Å². The summed E-state index contributed by atoms with van der Waals surface area (Å²) in [7, 11) is 0. The lowest BCUT2D eigenvalue weighted by Crippen LogP contribution is -2.41. The minimum Gasteiger partial charge on any atom is -0.385 e. The van der Waals surface area contributed by atoms with Crippen molar-refractivity contribution in [2.24, 2.45) is 5.92 Å². The van der Waals surface area contributed by atoms with Gasteiger partial charge in [-0.3, -0.25) is 0 Å². The molecule has 3 atom stereocenters. The first-order chi connectivity index (χ1) is 10.2. The third-order valence-electron chi connectivity index (χ3n) is 4.41. The van der Waals surface area contributed by atoms with Crippen LogP contribution in [0, 0.1) is 5.92 Å². The molecule has 0 spiro atoms. The molecule has 3 nitrogen and oxygen atoms in total. The largest absolute Gasteiger partial charge is 0.385 e. The molecule has 0 amide bonds. The lowest BCUT2D eigenvalue weighted by molar-refractivity contribution is 0.124. The summed E-state index contributed by atoms with van der Waals surface area (Å²) in [6.07, 6.45) is 2.49. The van der Waals surface area contributed by atoms with E-state index in [0.29, 0.717) is 17.7 Å². The third-order valence-corrected chi connectivity index (χ3v) is 7.37.